The summed E-state index contributed by atoms with van der Waals surface area (Å²) in [5.41, 5.74) is 32.6. The molecule has 3 heterocycles. The maximum absolute atomic E-state index is 2.77. The van der Waals surface area contributed by atoms with E-state index in [-0.39, 0.29) is 33.8 Å². The van der Waals surface area contributed by atoms with Gasteiger partial charge in [-0.15, -0.1) is 27.7 Å². The molecule has 1 aromatic heterocycles. The van der Waals surface area contributed by atoms with Crippen LogP contribution in [0.5, 0.6) is 0 Å². The third-order valence-corrected chi connectivity index (χ3v) is 22.7. The summed E-state index contributed by atoms with van der Waals surface area (Å²) in [6.45, 7) is 26.8. The molecule has 0 atom stereocenters. The van der Waals surface area contributed by atoms with Crippen molar-refractivity contribution in [1.82, 2.24) is 0 Å². The van der Waals surface area contributed by atoms with Gasteiger partial charge in [-0.05, 0) is 187 Å². The maximum atomic E-state index is 2.77. The largest absolute Gasteiger partial charge is 0.311 e. The zero-order chi connectivity index (χ0) is 60.3. The Labute approximate surface area is 521 Å². The molecule has 0 amide bonds. The van der Waals surface area contributed by atoms with E-state index in [1.807, 2.05) is 0 Å². The molecule has 0 spiro atoms. The van der Waals surface area contributed by atoms with Gasteiger partial charge in [0.1, 0.15) is 39.2 Å². The molecular weight excluding hydrogens is 1050 g/mol. The van der Waals surface area contributed by atoms with Crippen LogP contribution in [0.25, 0.3) is 32.3 Å². The van der Waals surface area contributed by atoms with E-state index in [1.165, 1.54) is 150 Å². The number of anilines is 9. The normalized spacial score (nSPS) is 16.7. The van der Waals surface area contributed by atoms with Crippen molar-refractivity contribution in [3.8, 4) is 22.3 Å². The summed E-state index contributed by atoms with van der Waals surface area (Å²) >= 11 is 2.05. The molecule has 422 valence electrons. The molecule has 9 aromatic carbocycles. The van der Waals surface area contributed by atoms with Crippen molar-refractivity contribution in [2.75, 3.05) is 14.7 Å². The number of fused-ring (bicyclic) bond motifs is 8. The van der Waals surface area contributed by atoms with E-state index in [0.29, 0.717) is 0 Å². The Balaban J connectivity index is 1.18. The molecule has 0 bridgehead atoms. The fourth-order valence-corrected chi connectivity index (χ4v) is 17.0. The predicted molar refractivity (Wildman–Crippen MR) is 392 cm³/mol. The van der Waals surface area contributed by atoms with Crippen LogP contribution in [0.3, 0.4) is 0 Å². The lowest BCUT2D eigenvalue weighted by atomic mass is 9.36. The first-order valence-corrected chi connectivity index (χ1v) is 32.5. The van der Waals surface area contributed by atoms with Gasteiger partial charge in [-0.2, -0.15) is 0 Å². The molecule has 4 aliphatic rings. The van der Waals surface area contributed by atoms with Crippen LogP contribution in [0.15, 0.2) is 170 Å². The van der Waals surface area contributed by atoms with Crippen molar-refractivity contribution in [1.29, 1.82) is 0 Å². The molecular formula is C76H79B6N3S. The molecule has 0 fully saturated rings. The minimum absolute atomic E-state index is 0.00571. The van der Waals surface area contributed by atoms with Crippen molar-refractivity contribution < 1.29 is 0 Å². The molecule has 0 radical (unpaired) electrons. The Kier molecular flexibility index (Phi) is 13.1. The molecule has 2 aliphatic carbocycles. The summed E-state index contributed by atoms with van der Waals surface area (Å²) in [5, 5.41) is 1.35. The highest BCUT2D eigenvalue weighted by molar-refractivity contribution is 7.33. The summed E-state index contributed by atoms with van der Waals surface area (Å²) in [5.74, 6) is 0. The van der Waals surface area contributed by atoms with Crippen LogP contribution >= 0.6 is 11.3 Å². The highest BCUT2D eigenvalue weighted by atomic mass is 32.1. The van der Waals surface area contributed by atoms with Crippen LogP contribution in [0, 0.1) is 0 Å². The van der Waals surface area contributed by atoms with E-state index in [9.17, 15) is 0 Å². The van der Waals surface area contributed by atoms with E-state index in [2.05, 4.69) is 311 Å². The molecule has 3 nitrogen and oxygen atoms in total. The van der Waals surface area contributed by atoms with E-state index in [4.69, 9.17) is 0 Å². The summed E-state index contributed by atoms with van der Waals surface area (Å²) in [6.07, 6.45) is 4.63. The Morgan fingerprint density at radius 2 is 0.965 bits per heavy atom. The van der Waals surface area contributed by atoms with Crippen molar-refractivity contribution >= 4 is 162 Å². The molecule has 0 saturated heterocycles. The van der Waals surface area contributed by atoms with Crippen LogP contribution in [0.1, 0.15) is 130 Å². The lowest BCUT2D eigenvalue weighted by Crippen LogP contribution is -2.60. The van der Waals surface area contributed by atoms with Gasteiger partial charge in [0, 0.05) is 54.6 Å². The quantitative estimate of drug-likeness (QED) is 0.147. The molecule has 0 saturated carbocycles. The standard InChI is InChI=1S/C76H79B6N3S/c1-72(2,3)46-28-32-58(51(38-46)44-21-15-12-16-22-44)85-59-31-27-45(63-64(77)66(79)68(81)67(80)65(63)78)37-57(59)82-69-60(40-50(41-61(69)85)83(47-23-17-13-18-24-47)48-25-19-14-20-26-48)84(49-29-30-53-54(39-49)74(6,7)34-33-73(53,4)5)70-52-42-55-56(43-62(52)86-71(70)82)76(10,11)36-35-75(55,8)9/h12-32,37-43H,33-36,77-81H2,1-11H3. The topological polar surface area (TPSA) is 9.72 Å². The molecule has 2 aliphatic heterocycles. The summed E-state index contributed by atoms with van der Waals surface area (Å²) in [4.78, 5) is 7.95. The number of nitrogens with zero attached hydrogens (tertiary/aromatic N) is 3. The minimum Gasteiger partial charge on any atom is -0.311 e. The van der Waals surface area contributed by atoms with Crippen molar-refractivity contribution in [2.45, 2.75) is 129 Å². The third kappa shape index (κ3) is 8.79. The van der Waals surface area contributed by atoms with E-state index in [1.54, 1.807) is 0 Å². The molecule has 14 rings (SSSR count). The molecule has 86 heavy (non-hydrogen) atoms. The summed E-state index contributed by atoms with van der Waals surface area (Å²) < 4.78 is 2.78. The third-order valence-electron chi connectivity index (χ3n) is 21.5. The number of para-hydroxylation sites is 2. The fourth-order valence-electron chi connectivity index (χ4n) is 15.6. The second kappa shape index (κ2) is 19.9. The van der Waals surface area contributed by atoms with Crippen molar-refractivity contribution in [3.63, 3.8) is 0 Å². The predicted octanol–water partition coefficient (Wildman–Crippen LogP) is 11.1. The Hall–Kier alpha value is -7.27. The first kappa shape index (κ1) is 56.5. The fraction of sp³-hybridized carbons (Fsp3) is 0.263. The van der Waals surface area contributed by atoms with Crippen molar-refractivity contribution in [2.24, 2.45) is 0 Å². The van der Waals surface area contributed by atoms with E-state index < -0.39 is 0 Å². The van der Waals surface area contributed by atoms with E-state index in [0.717, 1.165) is 29.9 Å². The number of thiophene rings is 1. The summed E-state index contributed by atoms with van der Waals surface area (Å²) in [6, 6.07) is 66.3. The van der Waals surface area contributed by atoms with Crippen LogP contribution < -0.4 is 57.7 Å². The molecule has 0 N–H and O–H groups in total. The van der Waals surface area contributed by atoms with Gasteiger partial charge in [0.25, 0.3) is 6.71 Å². The average Bonchev–Trinajstić information content (AvgIpc) is 1.34. The van der Waals surface area contributed by atoms with Crippen LogP contribution in [-0.4, -0.2) is 45.9 Å². The first-order valence-electron chi connectivity index (χ1n) is 31.7. The molecule has 10 aromatic rings. The summed E-state index contributed by atoms with van der Waals surface area (Å²) in [7, 11) is 11.7. The SMILES string of the molecule is Bc1c(B)c(B)c(-c2ccc3c(c2)B2c4sc5cc6c(cc5c4N(c4ccc5c(c4)C(C)(C)CCC5(C)C)c4cc(N(c5ccccc5)c5ccccc5)cc(c42)N3c2ccc(C(C)(C)C)cc2-c2ccccc2)C(C)(C)CCC6(C)C)c(B)c1B. The number of benzene rings is 9. The smallest absolute Gasteiger partial charge is 0.264 e. The lowest BCUT2D eigenvalue weighted by Gasteiger charge is -2.46. The molecule has 10 heteroatoms. The van der Waals surface area contributed by atoms with Gasteiger partial charge in [-0.3, -0.25) is 0 Å². The van der Waals surface area contributed by atoms with Gasteiger partial charge in [0.15, 0.2) is 0 Å². The number of rotatable bonds is 7. The minimum atomic E-state index is -0.0980. The van der Waals surface area contributed by atoms with Gasteiger partial charge in [0.2, 0.25) is 0 Å². The Morgan fingerprint density at radius 3 is 1.55 bits per heavy atom. The van der Waals surface area contributed by atoms with Gasteiger partial charge < -0.3 is 14.7 Å². The Bertz CT molecular complexity index is 4350. The van der Waals surface area contributed by atoms with Gasteiger partial charge in [0.05, 0.1) is 17.1 Å². The monoisotopic (exact) mass is 1130 g/mol. The van der Waals surface area contributed by atoms with Gasteiger partial charge >= 0.3 is 0 Å². The zero-order valence-corrected chi connectivity index (χ0v) is 54.6. The zero-order valence-electron chi connectivity index (χ0n) is 53.8. The highest BCUT2D eigenvalue weighted by Crippen LogP contribution is 2.56. The van der Waals surface area contributed by atoms with Gasteiger partial charge in [-0.25, -0.2) is 0 Å². The Morgan fingerprint density at radius 1 is 0.453 bits per heavy atom. The average molecular weight is 1130 g/mol. The first-order chi connectivity index (χ1) is 40.8. The lowest BCUT2D eigenvalue weighted by molar-refractivity contribution is 0.332. The van der Waals surface area contributed by atoms with Crippen LogP contribution in [-0.2, 0) is 27.1 Å². The second-order valence-electron chi connectivity index (χ2n) is 29.6. The highest BCUT2D eigenvalue weighted by Gasteiger charge is 2.48. The number of hydrogen-bond donors (Lipinski definition) is 0. The second-order valence-corrected chi connectivity index (χ2v) is 30.7. The maximum Gasteiger partial charge on any atom is 0.264 e. The van der Waals surface area contributed by atoms with Crippen molar-refractivity contribution in [3.05, 3.63) is 198 Å². The van der Waals surface area contributed by atoms with E-state index >= 15 is 0 Å². The number of hydrogen-bond acceptors (Lipinski definition) is 4. The van der Waals surface area contributed by atoms with Crippen LogP contribution in [0.4, 0.5) is 51.2 Å². The molecule has 0 unspecified atom stereocenters. The van der Waals surface area contributed by atoms with Gasteiger partial charge in [-0.1, -0.05) is 178 Å². The van der Waals surface area contributed by atoms with Crippen LogP contribution in [0.2, 0.25) is 0 Å².